The smallest absolute Gasteiger partial charge is 0.120 e. The molecule has 0 spiro atoms. The van der Waals surface area contributed by atoms with Crippen LogP contribution in [0.15, 0.2) is 42.5 Å². The molecule has 2 rings (SSSR count). The number of anilines is 1. The second-order valence-corrected chi connectivity index (χ2v) is 5.14. The number of nitrogens with zero attached hydrogens (tertiary/aromatic N) is 1. The highest BCUT2D eigenvalue weighted by molar-refractivity contribution is 5.57. The lowest BCUT2D eigenvalue weighted by atomic mass is 10.1. The summed E-state index contributed by atoms with van der Waals surface area (Å²) in [4.78, 5) is 2.34. The van der Waals surface area contributed by atoms with E-state index in [1.807, 2.05) is 6.07 Å². The fourth-order valence-corrected chi connectivity index (χ4v) is 2.50. The van der Waals surface area contributed by atoms with Crippen LogP contribution in [0.5, 0.6) is 5.75 Å². The summed E-state index contributed by atoms with van der Waals surface area (Å²) in [6.07, 6.45) is 0. The Labute approximate surface area is 127 Å². The number of methoxy groups -OCH3 is 1. The normalized spacial score (nSPS) is 10.5. The van der Waals surface area contributed by atoms with Gasteiger partial charge < -0.3 is 15.4 Å². The third-order valence-electron chi connectivity index (χ3n) is 3.86. The third kappa shape index (κ3) is 3.56. The van der Waals surface area contributed by atoms with Crippen molar-refractivity contribution in [1.29, 1.82) is 0 Å². The number of aryl methyl sites for hydroxylation is 1. The van der Waals surface area contributed by atoms with Gasteiger partial charge in [-0.1, -0.05) is 30.3 Å². The van der Waals surface area contributed by atoms with Gasteiger partial charge in [0.05, 0.1) is 7.11 Å². The molecule has 0 fully saturated rings. The van der Waals surface area contributed by atoms with Crippen LogP contribution in [0.25, 0.3) is 0 Å². The highest BCUT2D eigenvalue weighted by atomic mass is 16.5. The van der Waals surface area contributed by atoms with Gasteiger partial charge in [-0.2, -0.15) is 0 Å². The molecule has 0 heterocycles. The molecule has 0 atom stereocenters. The first-order chi connectivity index (χ1) is 10.2. The zero-order valence-electron chi connectivity index (χ0n) is 13.1. The van der Waals surface area contributed by atoms with E-state index < -0.39 is 0 Å². The van der Waals surface area contributed by atoms with Crippen molar-refractivity contribution in [2.24, 2.45) is 5.73 Å². The Morgan fingerprint density at radius 3 is 2.48 bits per heavy atom. The van der Waals surface area contributed by atoms with Crippen molar-refractivity contribution in [2.75, 3.05) is 18.6 Å². The SMILES string of the molecule is CCN(Cc1ccccc1C)c1cc(OC)ccc1CN. The van der Waals surface area contributed by atoms with Crippen LogP contribution in [0, 0.1) is 6.92 Å². The quantitative estimate of drug-likeness (QED) is 0.882. The predicted molar refractivity (Wildman–Crippen MR) is 88.8 cm³/mol. The first kappa shape index (κ1) is 15.4. The monoisotopic (exact) mass is 284 g/mol. The summed E-state index contributed by atoms with van der Waals surface area (Å²) in [5, 5.41) is 0. The van der Waals surface area contributed by atoms with E-state index in [1.54, 1.807) is 7.11 Å². The van der Waals surface area contributed by atoms with Gasteiger partial charge in [-0.05, 0) is 36.6 Å². The fraction of sp³-hybridized carbons (Fsp3) is 0.333. The van der Waals surface area contributed by atoms with E-state index >= 15 is 0 Å². The minimum atomic E-state index is 0.531. The second kappa shape index (κ2) is 7.14. The van der Waals surface area contributed by atoms with Crippen molar-refractivity contribution in [3.63, 3.8) is 0 Å². The molecule has 0 aliphatic carbocycles. The van der Waals surface area contributed by atoms with E-state index in [1.165, 1.54) is 11.1 Å². The van der Waals surface area contributed by atoms with Crippen molar-refractivity contribution in [2.45, 2.75) is 26.9 Å². The Balaban J connectivity index is 2.34. The number of benzene rings is 2. The van der Waals surface area contributed by atoms with E-state index in [9.17, 15) is 0 Å². The van der Waals surface area contributed by atoms with Gasteiger partial charge in [0.25, 0.3) is 0 Å². The summed E-state index contributed by atoms with van der Waals surface area (Å²) >= 11 is 0. The number of hydrogen-bond donors (Lipinski definition) is 1. The van der Waals surface area contributed by atoms with Crippen molar-refractivity contribution in [1.82, 2.24) is 0 Å². The molecule has 0 saturated heterocycles. The van der Waals surface area contributed by atoms with Gasteiger partial charge in [0, 0.05) is 31.4 Å². The summed E-state index contributed by atoms with van der Waals surface area (Å²) in [5.41, 5.74) is 10.8. The maximum absolute atomic E-state index is 5.89. The number of rotatable bonds is 6. The zero-order valence-corrected chi connectivity index (χ0v) is 13.1. The number of hydrogen-bond acceptors (Lipinski definition) is 3. The number of ether oxygens (including phenoxy) is 1. The molecule has 21 heavy (non-hydrogen) atoms. The van der Waals surface area contributed by atoms with Gasteiger partial charge in [-0.3, -0.25) is 0 Å². The molecule has 0 radical (unpaired) electrons. The lowest BCUT2D eigenvalue weighted by molar-refractivity contribution is 0.414. The van der Waals surface area contributed by atoms with Crippen LogP contribution in [0.1, 0.15) is 23.6 Å². The molecular formula is C18H24N2O. The first-order valence-electron chi connectivity index (χ1n) is 7.36. The van der Waals surface area contributed by atoms with Crippen LogP contribution >= 0.6 is 0 Å². The lowest BCUT2D eigenvalue weighted by Gasteiger charge is -2.27. The highest BCUT2D eigenvalue weighted by Gasteiger charge is 2.12. The van der Waals surface area contributed by atoms with E-state index in [4.69, 9.17) is 10.5 Å². The standard InChI is InChI=1S/C18H24N2O/c1-4-20(13-16-8-6-5-7-14(16)2)18-11-17(21-3)10-9-15(18)12-19/h5-11H,4,12-13,19H2,1-3H3. The molecule has 0 unspecified atom stereocenters. The van der Waals surface area contributed by atoms with Crippen molar-refractivity contribution >= 4 is 5.69 Å². The Morgan fingerprint density at radius 1 is 1.10 bits per heavy atom. The van der Waals surface area contributed by atoms with Crippen LogP contribution in [0.2, 0.25) is 0 Å². The van der Waals surface area contributed by atoms with Gasteiger partial charge >= 0.3 is 0 Å². The minimum Gasteiger partial charge on any atom is -0.497 e. The molecule has 0 amide bonds. The molecule has 0 bridgehead atoms. The van der Waals surface area contributed by atoms with Gasteiger partial charge in [-0.25, -0.2) is 0 Å². The minimum absolute atomic E-state index is 0.531. The summed E-state index contributed by atoms with van der Waals surface area (Å²) in [6.45, 7) is 6.65. The van der Waals surface area contributed by atoms with E-state index in [0.717, 1.165) is 30.1 Å². The summed E-state index contributed by atoms with van der Waals surface area (Å²) < 4.78 is 5.36. The molecule has 0 aliphatic heterocycles. The Hall–Kier alpha value is -2.00. The molecule has 3 nitrogen and oxygen atoms in total. The van der Waals surface area contributed by atoms with Crippen LogP contribution in [-0.2, 0) is 13.1 Å². The Bertz CT molecular complexity index is 596. The summed E-state index contributed by atoms with van der Waals surface area (Å²) in [5.74, 6) is 0.866. The summed E-state index contributed by atoms with van der Waals surface area (Å²) in [6, 6.07) is 14.6. The summed E-state index contributed by atoms with van der Waals surface area (Å²) in [7, 11) is 1.69. The molecule has 0 aliphatic rings. The topological polar surface area (TPSA) is 38.5 Å². The molecule has 2 N–H and O–H groups in total. The maximum Gasteiger partial charge on any atom is 0.120 e. The van der Waals surface area contributed by atoms with E-state index in [-0.39, 0.29) is 0 Å². The fourth-order valence-electron chi connectivity index (χ4n) is 2.50. The third-order valence-corrected chi connectivity index (χ3v) is 3.86. The molecule has 112 valence electrons. The van der Waals surface area contributed by atoms with E-state index in [2.05, 4.69) is 55.1 Å². The van der Waals surface area contributed by atoms with Crippen molar-refractivity contribution < 1.29 is 4.74 Å². The molecule has 2 aromatic carbocycles. The molecule has 3 heteroatoms. The van der Waals surface area contributed by atoms with Gasteiger partial charge in [0.2, 0.25) is 0 Å². The van der Waals surface area contributed by atoms with Gasteiger partial charge in [-0.15, -0.1) is 0 Å². The van der Waals surface area contributed by atoms with Gasteiger partial charge in [0.1, 0.15) is 5.75 Å². The Morgan fingerprint density at radius 2 is 1.86 bits per heavy atom. The van der Waals surface area contributed by atoms with Crippen LogP contribution in [-0.4, -0.2) is 13.7 Å². The molecule has 0 aromatic heterocycles. The predicted octanol–water partition coefficient (Wildman–Crippen LogP) is 3.49. The zero-order chi connectivity index (χ0) is 15.2. The van der Waals surface area contributed by atoms with Crippen LogP contribution < -0.4 is 15.4 Å². The molecule has 0 saturated carbocycles. The first-order valence-corrected chi connectivity index (χ1v) is 7.36. The maximum atomic E-state index is 5.89. The van der Waals surface area contributed by atoms with Gasteiger partial charge in [0.15, 0.2) is 0 Å². The largest absolute Gasteiger partial charge is 0.497 e. The number of nitrogens with two attached hydrogens (primary N) is 1. The van der Waals surface area contributed by atoms with Crippen LogP contribution in [0.3, 0.4) is 0 Å². The molecular weight excluding hydrogens is 260 g/mol. The van der Waals surface area contributed by atoms with Crippen molar-refractivity contribution in [3.05, 3.63) is 59.2 Å². The van der Waals surface area contributed by atoms with Crippen molar-refractivity contribution in [3.8, 4) is 5.75 Å². The van der Waals surface area contributed by atoms with E-state index in [0.29, 0.717) is 6.54 Å². The Kier molecular flexibility index (Phi) is 5.23. The average molecular weight is 284 g/mol. The highest BCUT2D eigenvalue weighted by Crippen LogP contribution is 2.27. The lowest BCUT2D eigenvalue weighted by Crippen LogP contribution is -2.24. The second-order valence-electron chi connectivity index (χ2n) is 5.14. The van der Waals surface area contributed by atoms with Crippen LogP contribution in [0.4, 0.5) is 5.69 Å². The average Bonchev–Trinajstić information content (AvgIpc) is 2.53. The molecule has 2 aromatic rings.